The van der Waals surface area contributed by atoms with E-state index in [1.165, 1.54) is 0 Å². The monoisotopic (exact) mass is 164 g/mol. The molecule has 0 aromatic carbocycles. The van der Waals surface area contributed by atoms with Gasteiger partial charge in [-0.25, -0.2) is 0 Å². The topological polar surface area (TPSA) is 81.6 Å². The molecule has 0 radical (unpaired) electrons. The Morgan fingerprint density at radius 1 is 1.83 bits per heavy atom. The fourth-order valence-corrected chi connectivity index (χ4v) is 0.709. The minimum atomic E-state index is -0.265. The molecule has 12 heavy (non-hydrogen) atoms. The SMILES string of the molecule is N#CCC(=O)NCc1cn[nH]c1. The quantitative estimate of drug-likeness (QED) is 0.656. The van der Waals surface area contributed by atoms with Crippen molar-refractivity contribution in [3.8, 4) is 6.07 Å². The fourth-order valence-electron chi connectivity index (χ4n) is 0.709. The fraction of sp³-hybridized carbons (Fsp3) is 0.286. The van der Waals surface area contributed by atoms with E-state index >= 15 is 0 Å². The number of hydrogen-bond acceptors (Lipinski definition) is 3. The number of hydrogen-bond donors (Lipinski definition) is 2. The van der Waals surface area contributed by atoms with Crippen molar-refractivity contribution >= 4 is 5.91 Å². The third-order valence-corrected chi connectivity index (χ3v) is 1.28. The first-order valence-corrected chi connectivity index (χ1v) is 3.44. The van der Waals surface area contributed by atoms with Crippen LogP contribution in [0.4, 0.5) is 0 Å². The van der Waals surface area contributed by atoms with Crippen LogP contribution in [-0.2, 0) is 11.3 Å². The minimum Gasteiger partial charge on any atom is -0.351 e. The number of aromatic nitrogens is 2. The molecular weight excluding hydrogens is 156 g/mol. The summed E-state index contributed by atoms with van der Waals surface area (Å²) in [4.78, 5) is 10.8. The van der Waals surface area contributed by atoms with Gasteiger partial charge in [0.1, 0.15) is 6.42 Å². The number of nitrogens with zero attached hydrogens (tertiary/aromatic N) is 2. The molecule has 1 amide bonds. The van der Waals surface area contributed by atoms with Crippen LogP contribution in [0, 0.1) is 11.3 Å². The molecule has 0 fully saturated rings. The van der Waals surface area contributed by atoms with Gasteiger partial charge < -0.3 is 5.32 Å². The van der Waals surface area contributed by atoms with Crippen molar-refractivity contribution in [2.75, 3.05) is 0 Å². The Morgan fingerprint density at radius 2 is 2.67 bits per heavy atom. The third-order valence-electron chi connectivity index (χ3n) is 1.28. The Labute approximate surface area is 69.4 Å². The maximum absolute atomic E-state index is 10.8. The molecule has 1 aromatic rings. The zero-order valence-corrected chi connectivity index (χ0v) is 6.37. The standard InChI is InChI=1S/C7H8N4O/c8-2-1-7(12)9-3-6-4-10-11-5-6/h4-5H,1,3H2,(H,9,12)(H,10,11). The molecule has 0 aliphatic heterocycles. The largest absolute Gasteiger partial charge is 0.351 e. The first kappa shape index (κ1) is 8.27. The van der Waals surface area contributed by atoms with E-state index in [-0.39, 0.29) is 12.3 Å². The molecule has 0 spiro atoms. The first-order valence-electron chi connectivity index (χ1n) is 3.44. The van der Waals surface area contributed by atoms with Crippen LogP contribution in [0.25, 0.3) is 0 Å². The molecule has 0 bridgehead atoms. The summed E-state index contributed by atoms with van der Waals surface area (Å²) in [5, 5.41) is 17.1. The minimum absolute atomic E-state index is 0.0994. The average Bonchev–Trinajstić information content (AvgIpc) is 2.53. The van der Waals surface area contributed by atoms with Crippen LogP contribution in [0.3, 0.4) is 0 Å². The summed E-state index contributed by atoms with van der Waals surface area (Å²) in [5.74, 6) is -0.265. The predicted octanol–water partition coefficient (Wildman–Crippen LogP) is -0.0604. The Hall–Kier alpha value is -1.83. The Morgan fingerprint density at radius 3 is 3.25 bits per heavy atom. The second-order valence-corrected chi connectivity index (χ2v) is 2.22. The number of amides is 1. The van der Waals surface area contributed by atoms with Gasteiger partial charge >= 0.3 is 0 Å². The van der Waals surface area contributed by atoms with Crippen LogP contribution in [0.5, 0.6) is 0 Å². The number of carbonyl (C=O) groups excluding carboxylic acids is 1. The van der Waals surface area contributed by atoms with Gasteiger partial charge in [0.2, 0.25) is 5.91 Å². The van der Waals surface area contributed by atoms with Crippen LogP contribution in [0.2, 0.25) is 0 Å². The summed E-state index contributed by atoms with van der Waals surface area (Å²) in [5.41, 5.74) is 0.890. The summed E-state index contributed by atoms with van der Waals surface area (Å²) >= 11 is 0. The number of nitrogens with one attached hydrogen (secondary N) is 2. The smallest absolute Gasteiger partial charge is 0.234 e. The highest BCUT2D eigenvalue weighted by molar-refractivity contribution is 5.77. The van der Waals surface area contributed by atoms with Crippen LogP contribution in [0.1, 0.15) is 12.0 Å². The summed E-state index contributed by atoms with van der Waals surface area (Å²) < 4.78 is 0. The zero-order chi connectivity index (χ0) is 8.81. The maximum Gasteiger partial charge on any atom is 0.234 e. The lowest BCUT2D eigenvalue weighted by atomic mass is 10.3. The molecular formula is C7H8N4O. The first-order chi connectivity index (χ1) is 5.83. The summed E-state index contributed by atoms with van der Waals surface area (Å²) in [6.45, 7) is 0.414. The molecule has 62 valence electrons. The molecule has 1 aromatic heterocycles. The van der Waals surface area contributed by atoms with E-state index in [9.17, 15) is 4.79 Å². The summed E-state index contributed by atoms with van der Waals surface area (Å²) in [6, 6.07) is 1.76. The van der Waals surface area contributed by atoms with Gasteiger partial charge in [0, 0.05) is 18.3 Å². The predicted molar refractivity (Wildman–Crippen MR) is 40.7 cm³/mol. The lowest BCUT2D eigenvalue weighted by Crippen LogP contribution is -2.21. The van der Waals surface area contributed by atoms with Crippen molar-refractivity contribution < 1.29 is 4.79 Å². The van der Waals surface area contributed by atoms with E-state index in [2.05, 4.69) is 15.5 Å². The van der Waals surface area contributed by atoms with Crippen LogP contribution in [-0.4, -0.2) is 16.1 Å². The molecule has 0 unspecified atom stereocenters. The Balaban J connectivity index is 2.28. The number of rotatable bonds is 3. The second kappa shape index (κ2) is 4.13. The zero-order valence-electron chi connectivity index (χ0n) is 6.37. The number of nitriles is 1. The number of aromatic amines is 1. The highest BCUT2D eigenvalue weighted by Crippen LogP contribution is 1.91. The lowest BCUT2D eigenvalue weighted by Gasteiger charge is -1.97. The summed E-state index contributed by atoms with van der Waals surface area (Å²) in [6.07, 6.45) is 3.21. The lowest BCUT2D eigenvalue weighted by molar-refractivity contribution is -0.120. The van der Waals surface area contributed by atoms with Gasteiger partial charge in [0.05, 0.1) is 12.3 Å². The third kappa shape index (κ3) is 2.42. The highest BCUT2D eigenvalue weighted by Gasteiger charge is 1.99. The average molecular weight is 164 g/mol. The molecule has 1 heterocycles. The van der Waals surface area contributed by atoms with E-state index in [4.69, 9.17) is 5.26 Å². The number of H-pyrrole nitrogens is 1. The molecule has 0 aliphatic carbocycles. The van der Waals surface area contributed by atoms with E-state index < -0.39 is 0 Å². The Bertz CT molecular complexity index is 285. The molecule has 5 nitrogen and oxygen atoms in total. The normalized spacial score (nSPS) is 8.92. The van der Waals surface area contributed by atoms with Gasteiger partial charge in [-0.3, -0.25) is 9.89 Å². The molecule has 5 heteroatoms. The molecule has 0 saturated heterocycles. The number of carbonyl (C=O) groups is 1. The van der Waals surface area contributed by atoms with Crippen molar-refractivity contribution in [2.45, 2.75) is 13.0 Å². The van der Waals surface area contributed by atoms with Gasteiger partial charge in [0.25, 0.3) is 0 Å². The molecule has 0 atom stereocenters. The van der Waals surface area contributed by atoms with Crippen LogP contribution in [0.15, 0.2) is 12.4 Å². The molecule has 0 aliphatic rings. The van der Waals surface area contributed by atoms with Crippen LogP contribution < -0.4 is 5.32 Å². The van der Waals surface area contributed by atoms with E-state index in [1.54, 1.807) is 18.5 Å². The highest BCUT2D eigenvalue weighted by atomic mass is 16.1. The second-order valence-electron chi connectivity index (χ2n) is 2.22. The maximum atomic E-state index is 10.8. The van der Waals surface area contributed by atoms with Gasteiger partial charge in [0.15, 0.2) is 0 Å². The molecule has 0 saturated carbocycles. The van der Waals surface area contributed by atoms with Crippen molar-refractivity contribution in [3.05, 3.63) is 18.0 Å². The summed E-state index contributed by atoms with van der Waals surface area (Å²) in [7, 11) is 0. The van der Waals surface area contributed by atoms with Crippen LogP contribution >= 0.6 is 0 Å². The van der Waals surface area contributed by atoms with Crippen molar-refractivity contribution in [1.82, 2.24) is 15.5 Å². The molecule has 2 N–H and O–H groups in total. The van der Waals surface area contributed by atoms with Gasteiger partial charge in [-0.15, -0.1) is 0 Å². The Kier molecular flexibility index (Phi) is 2.85. The van der Waals surface area contributed by atoms with Crippen molar-refractivity contribution in [3.63, 3.8) is 0 Å². The van der Waals surface area contributed by atoms with E-state index in [1.807, 2.05) is 0 Å². The van der Waals surface area contributed by atoms with Crippen molar-refractivity contribution in [1.29, 1.82) is 5.26 Å². The van der Waals surface area contributed by atoms with Gasteiger partial charge in [-0.1, -0.05) is 0 Å². The molecule has 1 rings (SSSR count). The van der Waals surface area contributed by atoms with E-state index in [0.29, 0.717) is 6.54 Å². The van der Waals surface area contributed by atoms with E-state index in [0.717, 1.165) is 5.56 Å². The van der Waals surface area contributed by atoms with Gasteiger partial charge in [-0.2, -0.15) is 10.4 Å². The van der Waals surface area contributed by atoms with Crippen molar-refractivity contribution in [2.24, 2.45) is 0 Å². The van der Waals surface area contributed by atoms with Gasteiger partial charge in [-0.05, 0) is 0 Å².